The molecule has 0 aliphatic carbocycles. The van der Waals surface area contributed by atoms with Crippen LogP contribution < -0.4 is 0 Å². The van der Waals surface area contributed by atoms with Crippen molar-refractivity contribution in [3.05, 3.63) is 67.2 Å². The van der Waals surface area contributed by atoms with Crippen molar-refractivity contribution in [3.63, 3.8) is 0 Å². The molecule has 4 heteroatoms. The van der Waals surface area contributed by atoms with Crippen molar-refractivity contribution in [1.29, 1.82) is 0 Å². The molecule has 0 spiro atoms. The van der Waals surface area contributed by atoms with E-state index in [1.165, 1.54) is 269 Å². The predicted octanol–water partition coefficient (Wildman–Crippen LogP) is 22.7. The molecule has 2 aromatic carbocycles. The summed E-state index contributed by atoms with van der Waals surface area (Å²) in [5.41, 5.74) is 5.77. The largest absolute Gasteiger partial charge is 0.128 e. The molecule has 0 aliphatic rings. The molecular formula is C58H90Br2S2. The number of benzene rings is 2. The first-order valence-corrected chi connectivity index (χ1v) is 29.8. The van der Waals surface area contributed by atoms with Gasteiger partial charge in [-0.2, -0.15) is 0 Å². The van der Waals surface area contributed by atoms with Crippen LogP contribution in [0.4, 0.5) is 0 Å². The highest BCUT2D eigenvalue weighted by Crippen LogP contribution is 2.41. The maximum atomic E-state index is 4.05. The first kappa shape index (κ1) is 53.7. The van der Waals surface area contributed by atoms with Gasteiger partial charge in [-0.3, -0.25) is 0 Å². The number of thiophene rings is 2. The molecule has 2 atom stereocenters. The highest BCUT2D eigenvalue weighted by Gasteiger charge is 2.18. The van der Waals surface area contributed by atoms with Gasteiger partial charge in [0, 0.05) is 9.75 Å². The molecule has 4 aromatic rings. The molecule has 0 amide bonds. The van der Waals surface area contributed by atoms with E-state index >= 15 is 0 Å². The lowest BCUT2D eigenvalue weighted by atomic mass is 9.89. The number of halogens is 2. The molecule has 0 nitrogen and oxygen atoms in total. The third-order valence-corrected chi connectivity index (χ3v) is 17.8. The second-order valence-corrected chi connectivity index (χ2v) is 24.1. The van der Waals surface area contributed by atoms with Crippen LogP contribution in [-0.4, -0.2) is 0 Å². The van der Waals surface area contributed by atoms with Gasteiger partial charge in [0.1, 0.15) is 0 Å². The molecule has 0 saturated heterocycles. The summed E-state index contributed by atoms with van der Waals surface area (Å²) in [5, 5.41) is 2.68. The van der Waals surface area contributed by atoms with Gasteiger partial charge in [0.2, 0.25) is 0 Å². The Morgan fingerprint density at radius 2 is 0.629 bits per heavy atom. The molecule has 0 N–H and O–H groups in total. The van der Waals surface area contributed by atoms with Crippen molar-refractivity contribution < 1.29 is 0 Å². The number of hydrogen-bond donors (Lipinski definition) is 0. The summed E-state index contributed by atoms with van der Waals surface area (Å²) in [6, 6.07) is 19.4. The van der Waals surface area contributed by atoms with Gasteiger partial charge in [0.05, 0.1) is 7.57 Å². The Kier molecular flexibility index (Phi) is 29.0. The van der Waals surface area contributed by atoms with Crippen molar-refractivity contribution in [2.75, 3.05) is 0 Å². The predicted molar refractivity (Wildman–Crippen MR) is 291 cm³/mol. The van der Waals surface area contributed by atoms with Crippen molar-refractivity contribution in [2.24, 2.45) is 11.8 Å². The second kappa shape index (κ2) is 33.5. The van der Waals surface area contributed by atoms with Crippen LogP contribution in [0.5, 0.6) is 0 Å². The molecule has 0 radical (unpaired) electrons. The van der Waals surface area contributed by atoms with Gasteiger partial charge < -0.3 is 0 Å². The van der Waals surface area contributed by atoms with E-state index in [1.54, 1.807) is 0 Å². The fourth-order valence-electron chi connectivity index (χ4n) is 9.81. The summed E-state index contributed by atoms with van der Waals surface area (Å²) in [7, 11) is 0. The Labute approximate surface area is 408 Å². The zero-order chi connectivity index (χ0) is 44.0. The molecule has 2 unspecified atom stereocenters. The number of hydrogen-bond acceptors (Lipinski definition) is 2. The summed E-state index contributed by atoms with van der Waals surface area (Å²) in [6.07, 6.45) is 47.3. The average Bonchev–Trinajstić information content (AvgIpc) is 3.84. The van der Waals surface area contributed by atoms with Crippen LogP contribution in [0, 0.1) is 11.8 Å². The highest BCUT2D eigenvalue weighted by atomic mass is 79.9. The second-order valence-electron chi connectivity index (χ2n) is 19.4. The van der Waals surface area contributed by atoms with E-state index in [0.717, 1.165) is 11.8 Å². The van der Waals surface area contributed by atoms with Crippen LogP contribution in [-0.2, 0) is 12.8 Å². The smallest absolute Gasteiger partial charge is 0.0737 e. The fraction of sp³-hybridized carbons (Fsp3) is 0.690. The van der Waals surface area contributed by atoms with E-state index in [4.69, 9.17) is 0 Å². The van der Waals surface area contributed by atoms with E-state index in [-0.39, 0.29) is 0 Å². The normalized spacial score (nSPS) is 12.8. The SMILES string of the molecule is CCCCCCCCCCC(CCCCCCCC)Cc1cc(-c2ccc3cc(-c4cc(CC(CCCCCCCC)CCCCCCCCCC)c(Br)s4)ccc3c2)sc1Br. The van der Waals surface area contributed by atoms with Crippen molar-refractivity contribution in [2.45, 2.75) is 246 Å². The van der Waals surface area contributed by atoms with Crippen molar-refractivity contribution in [3.8, 4) is 20.9 Å². The summed E-state index contributed by atoms with van der Waals surface area (Å²) in [4.78, 5) is 2.80. The average molecular weight is 1010 g/mol. The lowest BCUT2D eigenvalue weighted by molar-refractivity contribution is 0.400. The molecular weight excluding hydrogens is 921 g/mol. The zero-order valence-electron chi connectivity index (χ0n) is 40.4. The molecule has 0 aliphatic heterocycles. The Hall–Kier alpha value is -0.940. The topological polar surface area (TPSA) is 0 Å². The van der Waals surface area contributed by atoms with Crippen LogP contribution in [0.15, 0.2) is 56.1 Å². The maximum Gasteiger partial charge on any atom is 0.0737 e. The minimum absolute atomic E-state index is 0.800. The highest BCUT2D eigenvalue weighted by molar-refractivity contribution is 9.11. The van der Waals surface area contributed by atoms with E-state index in [9.17, 15) is 0 Å². The van der Waals surface area contributed by atoms with E-state index in [0.29, 0.717) is 0 Å². The summed E-state index contributed by atoms with van der Waals surface area (Å²) in [6.45, 7) is 9.29. The van der Waals surface area contributed by atoms with Crippen LogP contribution in [0.25, 0.3) is 31.7 Å². The standard InChI is InChI=1S/C58H90Br2S2/c1-5-9-13-17-21-23-27-31-35-47(33-29-25-19-15-11-7-3)41-53-45-55(61-57(53)59)51-39-37-50-44-52(40-38-49(50)43-51)56-46-54(58(60)62-56)42-48(34-30-26-20-16-12-8-4)36-32-28-24-22-18-14-10-6-2/h37-40,43-48H,5-36,41-42H2,1-4H3. The Bertz CT molecular complexity index is 1590. The number of fused-ring (bicyclic) bond motifs is 1. The van der Waals surface area contributed by atoms with Gasteiger partial charge in [-0.15, -0.1) is 22.7 Å². The summed E-state index contributed by atoms with van der Waals surface area (Å²) < 4.78 is 2.69. The lowest BCUT2D eigenvalue weighted by Gasteiger charge is -2.17. The van der Waals surface area contributed by atoms with Gasteiger partial charge in [-0.25, -0.2) is 0 Å². The minimum Gasteiger partial charge on any atom is -0.128 e. The van der Waals surface area contributed by atoms with Crippen LogP contribution in [0.2, 0.25) is 0 Å². The molecule has 348 valence electrons. The van der Waals surface area contributed by atoms with Gasteiger partial charge in [0.25, 0.3) is 0 Å². The van der Waals surface area contributed by atoms with Crippen LogP contribution in [0.1, 0.15) is 244 Å². The molecule has 0 saturated carbocycles. The number of unbranched alkanes of at least 4 members (excludes halogenated alkanes) is 24. The van der Waals surface area contributed by atoms with Gasteiger partial charge in [0.15, 0.2) is 0 Å². The monoisotopic (exact) mass is 1010 g/mol. The molecule has 62 heavy (non-hydrogen) atoms. The zero-order valence-corrected chi connectivity index (χ0v) is 45.2. The first-order chi connectivity index (χ1) is 30.4. The third-order valence-electron chi connectivity index (χ3n) is 13.8. The van der Waals surface area contributed by atoms with E-state index in [1.807, 2.05) is 22.7 Å². The molecule has 2 aromatic heterocycles. The Morgan fingerprint density at radius 1 is 0.355 bits per heavy atom. The number of rotatable bonds is 38. The molecule has 0 fully saturated rings. The lowest BCUT2D eigenvalue weighted by Crippen LogP contribution is -2.05. The van der Waals surface area contributed by atoms with Crippen LogP contribution in [0.3, 0.4) is 0 Å². The summed E-state index contributed by atoms with van der Waals surface area (Å²) in [5.74, 6) is 1.60. The van der Waals surface area contributed by atoms with Gasteiger partial charge >= 0.3 is 0 Å². The van der Waals surface area contributed by atoms with Crippen molar-refractivity contribution in [1.82, 2.24) is 0 Å². The summed E-state index contributed by atoms with van der Waals surface area (Å²) >= 11 is 12.0. The molecule has 4 rings (SSSR count). The third kappa shape index (κ3) is 21.1. The Morgan fingerprint density at radius 3 is 0.919 bits per heavy atom. The quantitative estimate of drug-likeness (QED) is 0.0393. The Balaban J connectivity index is 1.37. The van der Waals surface area contributed by atoms with Gasteiger partial charge in [-0.1, -0.05) is 257 Å². The fourth-order valence-corrected chi connectivity index (χ4v) is 13.2. The molecule has 0 bridgehead atoms. The van der Waals surface area contributed by atoms with E-state index < -0.39 is 0 Å². The minimum atomic E-state index is 0.800. The van der Waals surface area contributed by atoms with Crippen molar-refractivity contribution >= 4 is 65.3 Å². The maximum absolute atomic E-state index is 4.05. The van der Waals surface area contributed by atoms with Crippen LogP contribution >= 0.6 is 54.5 Å². The molecule has 2 heterocycles. The first-order valence-electron chi connectivity index (χ1n) is 26.6. The van der Waals surface area contributed by atoms with E-state index in [2.05, 4.69) is 108 Å². The van der Waals surface area contributed by atoms with Gasteiger partial charge in [-0.05, 0) is 114 Å².